The lowest BCUT2D eigenvalue weighted by molar-refractivity contribution is 0.0906. The number of Topliss-reactive ketones (excluding diaryl/α,β-unsaturated/α-hetero) is 1. The molecule has 134 valence electrons. The Labute approximate surface area is 150 Å². The number of hydrogen-bond donors (Lipinski definition) is 0. The number of hydrogen-bond acceptors (Lipinski definition) is 4. The molecule has 4 nitrogen and oxygen atoms in total. The van der Waals surface area contributed by atoms with E-state index in [0.717, 1.165) is 19.4 Å². The van der Waals surface area contributed by atoms with Crippen LogP contribution in [0.5, 0.6) is 11.5 Å². The molecule has 0 saturated carbocycles. The van der Waals surface area contributed by atoms with Crippen molar-refractivity contribution in [3.63, 3.8) is 0 Å². The molecule has 25 heavy (non-hydrogen) atoms. The van der Waals surface area contributed by atoms with Crippen molar-refractivity contribution in [3.05, 3.63) is 59.7 Å². The van der Waals surface area contributed by atoms with E-state index in [9.17, 15) is 4.79 Å². The Balaban J connectivity index is 2.24. The minimum atomic E-state index is -0.0668. The topological polar surface area (TPSA) is 38.8 Å². The van der Waals surface area contributed by atoms with Crippen molar-refractivity contribution in [2.24, 2.45) is 5.92 Å². The second-order valence-electron chi connectivity index (χ2n) is 6.41. The minimum absolute atomic E-state index is 0.0668. The van der Waals surface area contributed by atoms with E-state index in [1.807, 2.05) is 38.4 Å². The van der Waals surface area contributed by atoms with Gasteiger partial charge in [0.1, 0.15) is 0 Å². The van der Waals surface area contributed by atoms with Crippen molar-refractivity contribution in [2.45, 2.75) is 12.8 Å². The summed E-state index contributed by atoms with van der Waals surface area (Å²) >= 11 is 0. The number of nitrogens with zero attached hydrogens (tertiary/aromatic N) is 1. The van der Waals surface area contributed by atoms with Gasteiger partial charge in [0.05, 0.1) is 14.2 Å². The van der Waals surface area contributed by atoms with Gasteiger partial charge in [-0.05, 0) is 57.2 Å². The van der Waals surface area contributed by atoms with E-state index in [2.05, 4.69) is 17.0 Å². The van der Waals surface area contributed by atoms with Crippen LogP contribution in [0.25, 0.3) is 0 Å². The molecule has 1 atom stereocenters. The SMILES string of the molecule is COc1ccc(C(=O)C(CCN(C)C)Cc2ccccc2)cc1OC. The molecule has 0 spiro atoms. The van der Waals surface area contributed by atoms with Crippen molar-refractivity contribution >= 4 is 5.78 Å². The number of rotatable bonds is 9. The first-order valence-electron chi connectivity index (χ1n) is 8.50. The Bertz CT molecular complexity index is 683. The van der Waals surface area contributed by atoms with Gasteiger partial charge in [0.15, 0.2) is 17.3 Å². The molecule has 0 aromatic heterocycles. The quantitative estimate of drug-likeness (QED) is 0.652. The molecule has 0 aliphatic rings. The van der Waals surface area contributed by atoms with E-state index in [4.69, 9.17) is 9.47 Å². The van der Waals surface area contributed by atoms with E-state index in [1.165, 1.54) is 5.56 Å². The van der Waals surface area contributed by atoms with Gasteiger partial charge in [0.2, 0.25) is 0 Å². The van der Waals surface area contributed by atoms with E-state index < -0.39 is 0 Å². The lowest BCUT2D eigenvalue weighted by Gasteiger charge is -2.19. The molecular formula is C21H27NO3. The number of benzene rings is 2. The van der Waals surface area contributed by atoms with Crippen LogP contribution < -0.4 is 9.47 Å². The Morgan fingerprint density at radius 1 is 1.00 bits per heavy atom. The minimum Gasteiger partial charge on any atom is -0.493 e. The van der Waals surface area contributed by atoms with Gasteiger partial charge in [0.25, 0.3) is 0 Å². The van der Waals surface area contributed by atoms with Gasteiger partial charge < -0.3 is 14.4 Å². The lowest BCUT2D eigenvalue weighted by atomic mass is 9.88. The molecule has 2 rings (SSSR count). The summed E-state index contributed by atoms with van der Waals surface area (Å²) < 4.78 is 10.6. The highest BCUT2D eigenvalue weighted by Gasteiger charge is 2.22. The zero-order valence-electron chi connectivity index (χ0n) is 15.5. The summed E-state index contributed by atoms with van der Waals surface area (Å²) in [5.74, 6) is 1.29. The van der Waals surface area contributed by atoms with Gasteiger partial charge in [-0.3, -0.25) is 4.79 Å². The lowest BCUT2D eigenvalue weighted by Crippen LogP contribution is -2.24. The molecule has 0 amide bonds. The van der Waals surface area contributed by atoms with Crippen LogP contribution in [0.2, 0.25) is 0 Å². The molecular weight excluding hydrogens is 314 g/mol. The molecule has 2 aromatic carbocycles. The maximum Gasteiger partial charge on any atom is 0.166 e. The van der Waals surface area contributed by atoms with Crippen molar-refractivity contribution in [1.82, 2.24) is 4.90 Å². The first-order chi connectivity index (χ1) is 12.0. The van der Waals surface area contributed by atoms with Crippen molar-refractivity contribution in [2.75, 3.05) is 34.9 Å². The van der Waals surface area contributed by atoms with Gasteiger partial charge in [0, 0.05) is 11.5 Å². The summed E-state index contributed by atoms with van der Waals surface area (Å²) in [4.78, 5) is 15.2. The molecule has 4 heteroatoms. The third-order valence-electron chi connectivity index (χ3n) is 4.29. The molecule has 0 saturated heterocycles. The summed E-state index contributed by atoms with van der Waals surface area (Å²) in [6.45, 7) is 0.872. The third kappa shape index (κ3) is 5.33. The molecule has 0 fully saturated rings. The highest BCUT2D eigenvalue weighted by Crippen LogP contribution is 2.29. The normalized spacial score (nSPS) is 12.0. The third-order valence-corrected chi connectivity index (χ3v) is 4.29. The van der Waals surface area contributed by atoms with Gasteiger partial charge in [-0.15, -0.1) is 0 Å². The Kier molecular flexibility index (Phi) is 7.02. The Morgan fingerprint density at radius 3 is 2.28 bits per heavy atom. The molecule has 1 unspecified atom stereocenters. The monoisotopic (exact) mass is 341 g/mol. The molecule has 2 aromatic rings. The fraction of sp³-hybridized carbons (Fsp3) is 0.381. The van der Waals surface area contributed by atoms with Crippen LogP contribution in [-0.4, -0.2) is 45.5 Å². The van der Waals surface area contributed by atoms with Crippen LogP contribution >= 0.6 is 0 Å². The number of ether oxygens (including phenoxy) is 2. The maximum absolute atomic E-state index is 13.1. The van der Waals surface area contributed by atoms with E-state index in [-0.39, 0.29) is 11.7 Å². The largest absolute Gasteiger partial charge is 0.493 e. The number of ketones is 1. The van der Waals surface area contributed by atoms with E-state index in [0.29, 0.717) is 17.1 Å². The second-order valence-corrected chi connectivity index (χ2v) is 6.41. The zero-order chi connectivity index (χ0) is 18.2. The van der Waals surface area contributed by atoms with Crippen molar-refractivity contribution in [1.29, 1.82) is 0 Å². The predicted molar refractivity (Wildman–Crippen MR) is 101 cm³/mol. The highest BCUT2D eigenvalue weighted by atomic mass is 16.5. The van der Waals surface area contributed by atoms with Crippen molar-refractivity contribution < 1.29 is 14.3 Å². The smallest absolute Gasteiger partial charge is 0.166 e. The Morgan fingerprint density at radius 2 is 1.68 bits per heavy atom. The van der Waals surface area contributed by atoms with E-state index >= 15 is 0 Å². The summed E-state index contributed by atoms with van der Waals surface area (Å²) in [7, 11) is 7.23. The summed E-state index contributed by atoms with van der Waals surface area (Å²) in [6.07, 6.45) is 1.55. The van der Waals surface area contributed by atoms with Crippen LogP contribution in [0.1, 0.15) is 22.3 Å². The van der Waals surface area contributed by atoms with Crippen molar-refractivity contribution in [3.8, 4) is 11.5 Å². The summed E-state index contributed by atoms with van der Waals surface area (Å²) in [5, 5.41) is 0. The molecule has 0 aliphatic carbocycles. The average molecular weight is 341 g/mol. The molecule has 0 N–H and O–H groups in total. The van der Waals surface area contributed by atoms with Crippen LogP contribution in [0.4, 0.5) is 0 Å². The van der Waals surface area contributed by atoms with Crippen LogP contribution in [0, 0.1) is 5.92 Å². The number of carbonyl (C=O) groups excluding carboxylic acids is 1. The van der Waals surface area contributed by atoms with E-state index in [1.54, 1.807) is 26.4 Å². The summed E-state index contributed by atoms with van der Waals surface area (Å²) in [6, 6.07) is 15.5. The fourth-order valence-electron chi connectivity index (χ4n) is 2.86. The first kappa shape index (κ1) is 19.0. The number of methoxy groups -OCH3 is 2. The van der Waals surface area contributed by atoms with Gasteiger partial charge >= 0.3 is 0 Å². The second kappa shape index (κ2) is 9.23. The van der Waals surface area contributed by atoms with Gasteiger partial charge in [-0.2, -0.15) is 0 Å². The van der Waals surface area contributed by atoms with Crippen LogP contribution in [0.15, 0.2) is 48.5 Å². The highest BCUT2D eigenvalue weighted by molar-refractivity contribution is 5.98. The number of carbonyl (C=O) groups is 1. The van der Waals surface area contributed by atoms with Crippen LogP contribution in [0.3, 0.4) is 0 Å². The first-order valence-corrected chi connectivity index (χ1v) is 8.50. The zero-order valence-corrected chi connectivity index (χ0v) is 15.5. The predicted octanol–water partition coefficient (Wildman–Crippen LogP) is 3.70. The summed E-state index contributed by atoms with van der Waals surface area (Å²) in [5.41, 5.74) is 1.84. The standard InChI is InChI=1S/C21H27NO3/c1-22(2)13-12-18(14-16-8-6-5-7-9-16)21(23)17-10-11-19(24-3)20(15-17)25-4/h5-11,15,18H,12-14H2,1-4H3. The molecule has 0 aliphatic heterocycles. The molecule has 0 heterocycles. The van der Waals surface area contributed by atoms with Gasteiger partial charge in [-0.1, -0.05) is 30.3 Å². The molecule has 0 bridgehead atoms. The maximum atomic E-state index is 13.1. The average Bonchev–Trinajstić information content (AvgIpc) is 2.64. The Hall–Kier alpha value is -2.33. The fourth-order valence-corrected chi connectivity index (χ4v) is 2.86. The molecule has 0 radical (unpaired) electrons. The van der Waals surface area contributed by atoms with Gasteiger partial charge in [-0.25, -0.2) is 0 Å². The van der Waals surface area contributed by atoms with Crippen LogP contribution in [-0.2, 0) is 6.42 Å².